The number of hydrogen-bond acceptors (Lipinski definition) is 3. The summed E-state index contributed by atoms with van der Waals surface area (Å²) in [4.78, 5) is 12.3. The van der Waals surface area contributed by atoms with Gasteiger partial charge in [0.05, 0.1) is 18.8 Å². The molecule has 2 atom stereocenters. The SMILES string of the molecule is CCCCC/C=C\C/C=C\CCCCCCCC(=O)NC(CO)C(O)/C=C/CCCCCCCCCCCCCCCCC. The lowest BCUT2D eigenvalue weighted by molar-refractivity contribution is -0.123. The van der Waals surface area contributed by atoms with Gasteiger partial charge in [-0.2, -0.15) is 0 Å². The first kappa shape index (κ1) is 42.6. The van der Waals surface area contributed by atoms with Gasteiger partial charge in [-0.1, -0.05) is 172 Å². The van der Waals surface area contributed by atoms with Crippen LogP contribution in [0.5, 0.6) is 0 Å². The van der Waals surface area contributed by atoms with Crippen LogP contribution in [0.25, 0.3) is 0 Å². The summed E-state index contributed by atoms with van der Waals surface area (Å²) in [6, 6.07) is -0.627. The summed E-state index contributed by atoms with van der Waals surface area (Å²) >= 11 is 0. The largest absolute Gasteiger partial charge is 0.394 e. The highest BCUT2D eigenvalue weighted by molar-refractivity contribution is 5.76. The average molecular weight is 618 g/mol. The van der Waals surface area contributed by atoms with Crippen molar-refractivity contribution in [3.63, 3.8) is 0 Å². The third-order valence-corrected chi connectivity index (χ3v) is 8.62. The quantitative estimate of drug-likeness (QED) is 0.0497. The predicted octanol–water partition coefficient (Wildman–Crippen LogP) is 11.5. The van der Waals surface area contributed by atoms with Gasteiger partial charge in [0.25, 0.3) is 0 Å². The molecule has 0 aliphatic carbocycles. The van der Waals surface area contributed by atoms with Gasteiger partial charge < -0.3 is 15.5 Å². The highest BCUT2D eigenvalue weighted by atomic mass is 16.3. The Labute approximate surface area is 274 Å². The molecule has 0 fully saturated rings. The lowest BCUT2D eigenvalue weighted by atomic mass is 10.0. The zero-order valence-corrected chi connectivity index (χ0v) is 29.4. The molecule has 0 aromatic heterocycles. The Balaban J connectivity index is 3.64. The number of rotatable bonds is 34. The Bertz CT molecular complexity index is 672. The minimum absolute atomic E-state index is 0.0791. The maximum atomic E-state index is 12.3. The van der Waals surface area contributed by atoms with Crippen molar-refractivity contribution in [1.29, 1.82) is 0 Å². The number of hydrogen-bond donors (Lipinski definition) is 3. The number of aliphatic hydroxyl groups excluding tert-OH is 2. The number of carbonyl (C=O) groups is 1. The Kier molecular flexibility index (Phi) is 34.9. The second kappa shape index (κ2) is 36.1. The minimum atomic E-state index is -0.843. The molecule has 44 heavy (non-hydrogen) atoms. The van der Waals surface area contributed by atoms with Gasteiger partial charge in [0.1, 0.15) is 0 Å². The molecule has 0 aliphatic heterocycles. The first-order chi connectivity index (χ1) is 21.7. The summed E-state index contributed by atoms with van der Waals surface area (Å²) in [6.07, 6.45) is 46.6. The van der Waals surface area contributed by atoms with Gasteiger partial charge in [0.2, 0.25) is 5.91 Å². The maximum Gasteiger partial charge on any atom is 0.220 e. The first-order valence-electron chi connectivity index (χ1n) is 19.2. The zero-order valence-electron chi connectivity index (χ0n) is 29.4. The smallest absolute Gasteiger partial charge is 0.220 e. The summed E-state index contributed by atoms with van der Waals surface area (Å²) in [5.41, 5.74) is 0. The average Bonchev–Trinajstić information content (AvgIpc) is 3.03. The molecule has 0 saturated heterocycles. The van der Waals surface area contributed by atoms with Crippen LogP contribution in [0.3, 0.4) is 0 Å². The van der Waals surface area contributed by atoms with Crippen LogP contribution in [0, 0.1) is 0 Å². The van der Waals surface area contributed by atoms with Gasteiger partial charge in [-0.05, 0) is 51.4 Å². The second-order valence-electron chi connectivity index (χ2n) is 13.0. The van der Waals surface area contributed by atoms with Gasteiger partial charge in [-0.15, -0.1) is 0 Å². The Morgan fingerprint density at radius 1 is 0.545 bits per heavy atom. The van der Waals surface area contributed by atoms with Crippen molar-refractivity contribution in [2.45, 2.75) is 206 Å². The summed E-state index contributed by atoms with van der Waals surface area (Å²) in [5.74, 6) is -0.0791. The van der Waals surface area contributed by atoms with Gasteiger partial charge >= 0.3 is 0 Å². The van der Waals surface area contributed by atoms with E-state index in [1.807, 2.05) is 6.08 Å². The summed E-state index contributed by atoms with van der Waals surface area (Å²) in [7, 11) is 0. The van der Waals surface area contributed by atoms with E-state index in [0.29, 0.717) is 6.42 Å². The number of aliphatic hydroxyl groups is 2. The molecule has 0 saturated carbocycles. The number of amides is 1. The molecule has 0 aliphatic rings. The molecule has 3 N–H and O–H groups in total. The van der Waals surface area contributed by atoms with Crippen molar-refractivity contribution in [2.75, 3.05) is 6.61 Å². The molecule has 0 spiro atoms. The zero-order chi connectivity index (χ0) is 32.2. The Morgan fingerprint density at radius 3 is 1.41 bits per heavy atom. The van der Waals surface area contributed by atoms with Gasteiger partial charge in [0.15, 0.2) is 0 Å². The number of carbonyl (C=O) groups excluding carboxylic acids is 1. The molecule has 0 radical (unpaired) electrons. The van der Waals surface area contributed by atoms with E-state index in [1.165, 1.54) is 128 Å². The number of nitrogens with one attached hydrogen (secondary N) is 1. The number of unbranched alkanes of at least 4 members (excludes halogenated alkanes) is 23. The van der Waals surface area contributed by atoms with Crippen molar-refractivity contribution in [3.05, 3.63) is 36.5 Å². The fraction of sp³-hybridized carbons (Fsp3) is 0.825. The summed E-state index contributed by atoms with van der Waals surface area (Å²) in [5, 5.41) is 22.9. The van der Waals surface area contributed by atoms with E-state index in [2.05, 4.69) is 43.5 Å². The van der Waals surface area contributed by atoms with Crippen LogP contribution < -0.4 is 5.32 Å². The molecule has 258 valence electrons. The number of allylic oxidation sites excluding steroid dienone is 5. The third kappa shape index (κ3) is 32.0. The van der Waals surface area contributed by atoms with Gasteiger partial charge in [-0.25, -0.2) is 0 Å². The predicted molar refractivity (Wildman–Crippen MR) is 193 cm³/mol. The van der Waals surface area contributed by atoms with Crippen LogP contribution in [0.15, 0.2) is 36.5 Å². The molecule has 1 amide bonds. The Morgan fingerprint density at radius 2 is 0.932 bits per heavy atom. The van der Waals surface area contributed by atoms with E-state index in [0.717, 1.165) is 44.9 Å². The molecular formula is C40H75NO3. The van der Waals surface area contributed by atoms with Crippen molar-refractivity contribution in [3.8, 4) is 0 Å². The highest BCUT2D eigenvalue weighted by Gasteiger charge is 2.17. The van der Waals surface area contributed by atoms with Crippen LogP contribution in [-0.4, -0.2) is 34.9 Å². The molecule has 0 aromatic rings. The van der Waals surface area contributed by atoms with Crippen molar-refractivity contribution >= 4 is 5.91 Å². The van der Waals surface area contributed by atoms with Gasteiger partial charge in [-0.3, -0.25) is 4.79 Å². The van der Waals surface area contributed by atoms with Crippen LogP contribution in [0.4, 0.5) is 0 Å². The summed E-state index contributed by atoms with van der Waals surface area (Å²) < 4.78 is 0. The molecule has 0 heterocycles. The van der Waals surface area contributed by atoms with E-state index < -0.39 is 12.1 Å². The maximum absolute atomic E-state index is 12.3. The fourth-order valence-corrected chi connectivity index (χ4v) is 5.62. The van der Waals surface area contributed by atoms with Crippen LogP contribution in [-0.2, 0) is 4.79 Å². The standard InChI is InChI=1S/C40H75NO3/c1-3-5-7-9-11-13-15-17-19-20-22-23-25-27-29-31-33-35-39(43)38(37-42)41-40(44)36-34-32-30-28-26-24-21-18-16-14-12-10-8-6-4-2/h12,14,18,21,33,35,38-39,42-43H,3-11,13,15-17,19-20,22-32,34,36-37H2,1-2H3,(H,41,44)/b14-12-,21-18-,35-33+. The third-order valence-electron chi connectivity index (χ3n) is 8.62. The monoisotopic (exact) mass is 618 g/mol. The van der Waals surface area contributed by atoms with E-state index >= 15 is 0 Å². The summed E-state index contributed by atoms with van der Waals surface area (Å²) in [6.45, 7) is 4.27. The fourth-order valence-electron chi connectivity index (χ4n) is 5.62. The first-order valence-corrected chi connectivity index (χ1v) is 19.2. The van der Waals surface area contributed by atoms with Crippen molar-refractivity contribution in [1.82, 2.24) is 5.32 Å². The van der Waals surface area contributed by atoms with Crippen molar-refractivity contribution in [2.24, 2.45) is 0 Å². The molecule has 0 bridgehead atoms. The minimum Gasteiger partial charge on any atom is -0.394 e. The molecular weight excluding hydrogens is 542 g/mol. The van der Waals surface area contributed by atoms with Crippen LogP contribution >= 0.6 is 0 Å². The van der Waals surface area contributed by atoms with Crippen LogP contribution in [0.2, 0.25) is 0 Å². The van der Waals surface area contributed by atoms with E-state index in [-0.39, 0.29) is 12.5 Å². The molecule has 0 rings (SSSR count). The second-order valence-corrected chi connectivity index (χ2v) is 13.0. The molecule has 0 aromatic carbocycles. The van der Waals surface area contributed by atoms with E-state index in [1.54, 1.807) is 6.08 Å². The lowest BCUT2D eigenvalue weighted by Crippen LogP contribution is -2.45. The van der Waals surface area contributed by atoms with E-state index in [9.17, 15) is 15.0 Å². The topological polar surface area (TPSA) is 69.6 Å². The van der Waals surface area contributed by atoms with Crippen LogP contribution in [0.1, 0.15) is 194 Å². The highest BCUT2D eigenvalue weighted by Crippen LogP contribution is 2.14. The molecule has 4 nitrogen and oxygen atoms in total. The van der Waals surface area contributed by atoms with Crippen molar-refractivity contribution < 1.29 is 15.0 Å². The lowest BCUT2D eigenvalue weighted by Gasteiger charge is -2.20. The molecule has 2 unspecified atom stereocenters. The normalized spacial score (nSPS) is 13.5. The van der Waals surface area contributed by atoms with Gasteiger partial charge in [0, 0.05) is 6.42 Å². The Hall–Kier alpha value is -1.39. The van der Waals surface area contributed by atoms with E-state index in [4.69, 9.17) is 0 Å². The molecule has 4 heteroatoms.